The monoisotopic (exact) mass is 908 g/mol. The third-order valence-electron chi connectivity index (χ3n) is 9.81. The van der Waals surface area contributed by atoms with Crippen LogP contribution >= 0.6 is 0 Å². The van der Waals surface area contributed by atoms with Gasteiger partial charge >= 0.3 is 137 Å². The molecule has 6 aromatic carbocycles. The van der Waals surface area contributed by atoms with Crippen LogP contribution < -0.4 is 24.8 Å². The second-order valence-electron chi connectivity index (χ2n) is 16.4. The van der Waals surface area contributed by atoms with Crippen molar-refractivity contribution in [2.75, 3.05) is 0 Å². The molecule has 0 radical (unpaired) electrons. The average molecular weight is 911 g/mol. The molecule has 0 atom stereocenters. The summed E-state index contributed by atoms with van der Waals surface area (Å²) in [6.07, 6.45) is -7.94. The fourth-order valence-electron chi connectivity index (χ4n) is 6.58. The largest absolute Gasteiger partial charge is 1.00 e. The number of hydrogen-bond acceptors (Lipinski definition) is 0. The third-order valence-corrected chi connectivity index (χ3v) is 11.2. The maximum Gasteiger partial charge on any atom is -1.00 e. The number of rotatable bonds is 3. The van der Waals surface area contributed by atoms with Gasteiger partial charge in [0.05, 0.1) is 0 Å². The third kappa shape index (κ3) is 12.2. The Balaban J connectivity index is 0.000000236. The minimum Gasteiger partial charge on any atom is -1.00 e. The predicted molar refractivity (Wildman–Crippen MR) is 214 cm³/mol. The van der Waals surface area contributed by atoms with E-state index in [4.69, 9.17) is 0 Å². The van der Waals surface area contributed by atoms with Gasteiger partial charge in [-0.3, -0.25) is 0 Å². The van der Waals surface area contributed by atoms with Crippen LogP contribution in [0.3, 0.4) is 0 Å². The van der Waals surface area contributed by atoms with Crippen molar-refractivity contribution < 1.29 is 75.4 Å². The molecule has 0 spiro atoms. The molecule has 0 fully saturated rings. The molecule has 0 aromatic heterocycles. The van der Waals surface area contributed by atoms with Crippen molar-refractivity contribution in [2.45, 2.75) is 85.0 Å². The molecule has 304 valence electrons. The molecular formula is C49H46Cl2F6Zr-2. The molecule has 0 amide bonds. The quantitative estimate of drug-likeness (QED) is 0.124. The van der Waals surface area contributed by atoms with Gasteiger partial charge in [0, 0.05) is 0 Å². The molecule has 1 aliphatic rings. The Labute approximate surface area is 366 Å². The van der Waals surface area contributed by atoms with E-state index in [-0.39, 0.29) is 46.8 Å². The molecular weight excluding hydrogens is 865 g/mol. The van der Waals surface area contributed by atoms with E-state index in [1.807, 2.05) is 0 Å². The summed E-state index contributed by atoms with van der Waals surface area (Å²) in [5.74, 6) is 0. The molecule has 0 saturated carbocycles. The van der Waals surface area contributed by atoms with Gasteiger partial charge in [-0.15, -0.1) is 5.56 Å². The van der Waals surface area contributed by atoms with Crippen molar-refractivity contribution in [1.82, 2.24) is 0 Å². The van der Waals surface area contributed by atoms with Crippen LogP contribution in [-0.4, -0.2) is 3.21 Å². The van der Waals surface area contributed by atoms with Crippen molar-refractivity contribution in [3.8, 4) is 22.3 Å². The molecule has 0 saturated heterocycles. The fraction of sp³-hybridized carbons (Fsp3) is 0.265. The summed E-state index contributed by atoms with van der Waals surface area (Å²) < 4.78 is 76.7. The van der Waals surface area contributed by atoms with E-state index in [1.54, 1.807) is 0 Å². The molecule has 58 heavy (non-hydrogen) atoms. The Bertz CT molecular complexity index is 2200. The topological polar surface area (TPSA) is 0 Å². The maximum atomic E-state index is 12.7. The number of halogens is 8. The van der Waals surface area contributed by atoms with E-state index < -0.39 is 23.5 Å². The smallest absolute Gasteiger partial charge is 1.00 e. The molecule has 9 heteroatoms. The number of alkyl halides is 6. The van der Waals surface area contributed by atoms with Crippen LogP contribution in [0.4, 0.5) is 26.3 Å². The minimum atomic E-state index is -4.49. The average Bonchev–Trinajstić information content (AvgIpc) is 3.68. The molecule has 7 rings (SSSR count). The van der Waals surface area contributed by atoms with Crippen LogP contribution in [0.5, 0.6) is 0 Å². The van der Waals surface area contributed by atoms with Crippen LogP contribution in [0, 0.1) is 19.9 Å². The van der Waals surface area contributed by atoms with Crippen LogP contribution in [0.25, 0.3) is 22.3 Å². The Hall–Kier alpha value is -3.64. The molecule has 0 heterocycles. The van der Waals surface area contributed by atoms with Gasteiger partial charge in [0.1, 0.15) is 0 Å². The number of hydrogen-bond donors (Lipinski definition) is 0. The first-order valence-corrected chi connectivity index (χ1v) is 19.7. The van der Waals surface area contributed by atoms with Gasteiger partial charge in [-0.25, -0.2) is 6.07 Å². The second-order valence-corrected chi connectivity index (χ2v) is 17.6. The maximum absolute atomic E-state index is 12.7. The van der Waals surface area contributed by atoms with Crippen LogP contribution in [0.1, 0.15) is 97.2 Å². The second kappa shape index (κ2) is 19.2. The number of aryl methyl sites for hydroxylation is 2. The summed E-state index contributed by atoms with van der Waals surface area (Å²) in [5.41, 5.74) is 13.0. The van der Waals surface area contributed by atoms with Crippen molar-refractivity contribution in [2.24, 2.45) is 0 Å². The zero-order valence-electron chi connectivity index (χ0n) is 33.8. The zero-order chi connectivity index (χ0) is 41.2. The van der Waals surface area contributed by atoms with E-state index in [2.05, 4.69) is 134 Å². The Kier molecular flexibility index (Phi) is 16.1. The Morgan fingerprint density at radius 3 is 1.55 bits per heavy atom. The molecule has 1 aliphatic carbocycles. The number of fused-ring (bicyclic) bond motifs is 3. The van der Waals surface area contributed by atoms with Crippen molar-refractivity contribution >= 4 is 3.21 Å². The van der Waals surface area contributed by atoms with Gasteiger partial charge in [-0.1, -0.05) is 126 Å². The van der Waals surface area contributed by atoms with Crippen molar-refractivity contribution in [1.29, 1.82) is 0 Å². The van der Waals surface area contributed by atoms with Gasteiger partial charge in [0.15, 0.2) is 0 Å². The molecule has 0 nitrogen and oxygen atoms in total. The summed E-state index contributed by atoms with van der Waals surface area (Å²) >= 11 is 0.729. The predicted octanol–water partition coefficient (Wildman–Crippen LogP) is 8.19. The first-order chi connectivity index (χ1) is 26.0. The van der Waals surface area contributed by atoms with Gasteiger partial charge in [-0.05, 0) is 17.4 Å². The van der Waals surface area contributed by atoms with E-state index in [0.29, 0.717) is 3.21 Å². The van der Waals surface area contributed by atoms with E-state index in [9.17, 15) is 26.3 Å². The van der Waals surface area contributed by atoms with Crippen LogP contribution in [0.2, 0.25) is 0 Å². The van der Waals surface area contributed by atoms with Crippen molar-refractivity contribution in [3.05, 3.63) is 183 Å². The first-order valence-electron chi connectivity index (χ1n) is 18.4. The van der Waals surface area contributed by atoms with Gasteiger partial charge in [-0.2, -0.15) is 52.1 Å². The zero-order valence-corrected chi connectivity index (χ0v) is 37.7. The van der Waals surface area contributed by atoms with Crippen LogP contribution in [-0.2, 0) is 53.8 Å². The van der Waals surface area contributed by atoms with Crippen LogP contribution in [0.15, 0.2) is 121 Å². The van der Waals surface area contributed by atoms with E-state index in [0.717, 1.165) is 54.9 Å². The molecule has 0 unspecified atom stereocenters. The first kappa shape index (κ1) is 48.7. The Morgan fingerprint density at radius 2 is 1.09 bits per heavy atom. The van der Waals surface area contributed by atoms with Gasteiger partial charge in [0.25, 0.3) is 0 Å². The molecule has 6 aromatic rings. The summed E-state index contributed by atoms with van der Waals surface area (Å²) in [6, 6.07) is 39.2. The summed E-state index contributed by atoms with van der Waals surface area (Å²) in [7, 11) is 0. The summed E-state index contributed by atoms with van der Waals surface area (Å²) in [4.78, 5) is 0. The van der Waals surface area contributed by atoms with Gasteiger partial charge < -0.3 is 24.8 Å². The van der Waals surface area contributed by atoms with Crippen molar-refractivity contribution in [3.63, 3.8) is 0 Å². The van der Waals surface area contributed by atoms with E-state index in [1.165, 1.54) is 79.9 Å². The Morgan fingerprint density at radius 1 is 0.569 bits per heavy atom. The molecule has 0 aliphatic heterocycles. The SMILES string of the molecule is CC(C)(C)c1c[c-]c2c(c1)-c1cc(C(C)(C)C)ccc1C2.Cc1cc(-c2ccccc2)c(C)[cH-]1.FC(F)(F)c1cccc([C](=[Zr+2])c2cccc(C(F)(F)F)c2)c1.[Cl-].[Cl-]. The normalized spacial score (nSPS) is 12.1. The summed E-state index contributed by atoms with van der Waals surface area (Å²) in [5, 5.41) is 0. The summed E-state index contributed by atoms with van der Waals surface area (Å²) in [6.45, 7) is 17.9. The minimum absolute atomic E-state index is 0. The van der Waals surface area contributed by atoms with E-state index >= 15 is 0 Å². The number of benzene rings is 5. The molecule has 0 N–H and O–H groups in total. The fourth-order valence-corrected chi connectivity index (χ4v) is 7.35. The van der Waals surface area contributed by atoms with Gasteiger partial charge in [0.2, 0.25) is 0 Å². The molecule has 0 bridgehead atoms. The standard InChI is InChI=1S/C21H25.C15H8F6.C13H13.2ClH.Zr/c1-20(2,3)16-9-7-14-11-15-8-10-17(21(4,5)6)13-19(15)18(14)12-16;16-14(17,18)12-5-1-3-10(8-12)7-11-4-2-6-13(9-11)15(19,20)21;1-10-8-11(2)13(9-10)12-6-4-3-5-7-12;;;/h7,9-10,12-13H,11H2,1-6H3;1-6,8-9H;3-9H,1-2H3;2*1H;/q-1;;-1;;;+2/p-2.